The van der Waals surface area contributed by atoms with E-state index in [0.717, 1.165) is 5.56 Å². The fourth-order valence-electron chi connectivity index (χ4n) is 3.09. The number of nitrogens with zero attached hydrogens (tertiary/aromatic N) is 1. The molecule has 2 aromatic rings. The molecule has 3 N–H and O–H groups in total. The molecule has 2 atom stereocenters. The first-order chi connectivity index (χ1) is 13.8. The molecule has 10 heteroatoms. The number of ether oxygens (including phenoxy) is 3. The topological polar surface area (TPSA) is 78.1 Å². The van der Waals surface area contributed by atoms with Gasteiger partial charge in [-0.1, -0.05) is 24.3 Å². The summed E-state index contributed by atoms with van der Waals surface area (Å²) >= 11 is 0. The molecule has 0 spiro atoms. The van der Waals surface area contributed by atoms with E-state index in [-0.39, 0.29) is 47.6 Å². The van der Waals surface area contributed by atoms with E-state index >= 15 is 0 Å². The Hall–Kier alpha value is -2.37. The summed E-state index contributed by atoms with van der Waals surface area (Å²) in [4.78, 5) is 4.29. The van der Waals surface area contributed by atoms with Gasteiger partial charge in [-0.25, -0.2) is 4.99 Å². The second-order valence-corrected chi connectivity index (χ2v) is 6.57. The molecule has 0 aromatic heterocycles. The molecule has 0 amide bonds. The van der Waals surface area contributed by atoms with Crippen LogP contribution in [0.3, 0.4) is 0 Å². The van der Waals surface area contributed by atoms with E-state index in [2.05, 4.69) is 15.0 Å². The van der Waals surface area contributed by atoms with Gasteiger partial charge in [-0.15, -0.1) is 37.1 Å². The van der Waals surface area contributed by atoms with E-state index in [0.29, 0.717) is 30.0 Å². The molecule has 1 aliphatic rings. The zero-order valence-electron chi connectivity index (χ0n) is 16.4. The minimum atomic E-state index is -4.73. The van der Waals surface area contributed by atoms with Crippen LogP contribution in [-0.4, -0.2) is 32.6 Å². The van der Waals surface area contributed by atoms with Crippen LogP contribution in [0.15, 0.2) is 47.5 Å². The molecule has 3 rings (SSSR count). The van der Waals surface area contributed by atoms with Crippen molar-refractivity contribution in [3.8, 4) is 17.2 Å². The number of nitrogens with two attached hydrogens (primary N) is 1. The van der Waals surface area contributed by atoms with E-state index in [9.17, 15) is 13.2 Å². The quantitative estimate of drug-likeness (QED) is 0.315. The van der Waals surface area contributed by atoms with E-state index in [1.54, 1.807) is 38.5 Å². The standard InChI is InChI=1S/C20H22F3N3O3.HI/c1-27-17-8-7-12(9-18(17)28-2)11-25-19(24)26-15-10-14(15)13-5-3-4-6-16(13)29-20(21,22)23;/h3-9,14-15H,10-11H2,1-2H3,(H3,24,25,26);1H. The summed E-state index contributed by atoms with van der Waals surface area (Å²) in [5, 5.41) is 3.05. The Morgan fingerprint density at radius 3 is 2.47 bits per heavy atom. The van der Waals surface area contributed by atoms with Crippen LogP contribution < -0.4 is 25.3 Å². The zero-order chi connectivity index (χ0) is 21.0. The van der Waals surface area contributed by atoms with Gasteiger partial charge in [0.1, 0.15) is 5.75 Å². The average Bonchev–Trinajstić information content (AvgIpc) is 3.44. The van der Waals surface area contributed by atoms with E-state index in [1.807, 2.05) is 6.07 Å². The number of methoxy groups -OCH3 is 2. The van der Waals surface area contributed by atoms with Crippen molar-refractivity contribution in [2.24, 2.45) is 10.7 Å². The van der Waals surface area contributed by atoms with Crippen LogP contribution in [0.1, 0.15) is 23.5 Å². The predicted molar refractivity (Wildman–Crippen MR) is 118 cm³/mol. The van der Waals surface area contributed by atoms with Gasteiger partial charge >= 0.3 is 6.36 Å². The van der Waals surface area contributed by atoms with Crippen molar-refractivity contribution in [1.82, 2.24) is 5.32 Å². The summed E-state index contributed by atoms with van der Waals surface area (Å²) in [5.41, 5.74) is 7.31. The highest BCUT2D eigenvalue weighted by Crippen LogP contribution is 2.45. The molecule has 0 saturated heterocycles. The first-order valence-electron chi connectivity index (χ1n) is 8.92. The van der Waals surface area contributed by atoms with Crippen LogP contribution in [-0.2, 0) is 6.54 Å². The number of halogens is 4. The molecule has 0 aliphatic heterocycles. The lowest BCUT2D eigenvalue weighted by Crippen LogP contribution is -2.34. The lowest BCUT2D eigenvalue weighted by atomic mass is 10.1. The third-order valence-electron chi connectivity index (χ3n) is 4.55. The van der Waals surface area contributed by atoms with E-state index < -0.39 is 6.36 Å². The van der Waals surface area contributed by atoms with Crippen molar-refractivity contribution in [2.75, 3.05) is 14.2 Å². The SMILES string of the molecule is COc1ccc(CN=C(N)NC2CC2c2ccccc2OC(F)(F)F)cc1OC.I. The highest BCUT2D eigenvalue weighted by atomic mass is 127. The lowest BCUT2D eigenvalue weighted by Gasteiger charge is -2.13. The maximum atomic E-state index is 12.6. The molecule has 30 heavy (non-hydrogen) atoms. The largest absolute Gasteiger partial charge is 0.573 e. The van der Waals surface area contributed by atoms with Gasteiger partial charge in [0.15, 0.2) is 17.5 Å². The number of hydrogen-bond acceptors (Lipinski definition) is 4. The van der Waals surface area contributed by atoms with Gasteiger partial charge in [0, 0.05) is 12.0 Å². The van der Waals surface area contributed by atoms with Crippen molar-refractivity contribution < 1.29 is 27.4 Å². The number of alkyl halides is 3. The third kappa shape index (κ3) is 6.31. The number of aliphatic imine (C=N–C) groups is 1. The third-order valence-corrected chi connectivity index (χ3v) is 4.55. The van der Waals surface area contributed by atoms with Gasteiger partial charge in [0.25, 0.3) is 0 Å². The Kier molecular flexibility index (Phi) is 8.04. The maximum absolute atomic E-state index is 12.6. The molecule has 0 bridgehead atoms. The van der Waals surface area contributed by atoms with Crippen LogP contribution in [0, 0.1) is 0 Å². The Morgan fingerprint density at radius 1 is 1.10 bits per heavy atom. The van der Waals surface area contributed by atoms with Crippen LogP contribution in [0.5, 0.6) is 17.2 Å². The first kappa shape index (κ1) is 23.9. The molecular formula is C20H23F3IN3O3. The number of benzene rings is 2. The highest BCUT2D eigenvalue weighted by molar-refractivity contribution is 14.0. The average molecular weight is 537 g/mol. The van der Waals surface area contributed by atoms with Crippen molar-refractivity contribution >= 4 is 29.9 Å². The molecule has 164 valence electrons. The van der Waals surface area contributed by atoms with Crippen molar-refractivity contribution in [3.63, 3.8) is 0 Å². The van der Waals surface area contributed by atoms with Crippen LogP contribution >= 0.6 is 24.0 Å². The van der Waals surface area contributed by atoms with Gasteiger partial charge in [-0.05, 0) is 35.7 Å². The maximum Gasteiger partial charge on any atom is 0.573 e. The summed E-state index contributed by atoms with van der Waals surface area (Å²) in [6.45, 7) is 0.324. The predicted octanol–water partition coefficient (Wildman–Crippen LogP) is 4.18. The fourth-order valence-corrected chi connectivity index (χ4v) is 3.09. The molecule has 6 nitrogen and oxygen atoms in total. The van der Waals surface area contributed by atoms with E-state index in [4.69, 9.17) is 15.2 Å². The monoisotopic (exact) mass is 537 g/mol. The van der Waals surface area contributed by atoms with Crippen LogP contribution in [0.2, 0.25) is 0 Å². The second-order valence-electron chi connectivity index (χ2n) is 6.57. The number of guanidine groups is 1. The number of nitrogens with one attached hydrogen (secondary N) is 1. The summed E-state index contributed by atoms with van der Waals surface area (Å²) in [7, 11) is 3.11. The molecule has 0 radical (unpaired) electrons. The molecule has 1 fully saturated rings. The van der Waals surface area contributed by atoms with Gasteiger partial charge < -0.3 is 25.3 Å². The van der Waals surface area contributed by atoms with Gasteiger partial charge in [0.05, 0.1) is 20.8 Å². The summed E-state index contributed by atoms with van der Waals surface area (Å²) in [5.74, 6) is 1.13. The van der Waals surface area contributed by atoms with Crippen molar-refractivity contribution in [1.29, 1.82) is 0 Å². The van der Waals surface area contributed by atoms with Crippen molar-refractivity contribution in [3.05, 3.63) is 53.6 Å². The highest BCUT2D eigenvalue weighted by Gasteiger charge is 2.42. The molecule has 0 heterocycles. The van der Waals surface area contributed by atoms with Gasteiger partial charge in [-0.3, -0.25) is 0 Å². The Balaban J connectivity index is 0.00000320. The number of rotatable bonds is 7. The first-order valence-corrected chi connectivity index (χ1v) is 8.92. The molecular weight excluding hydrogens is 514 g/mol. The zero-order valence-corrected chi connectivity index (χ0v) is 18.7. The van der Waals surface area contributed by atoms with Crippen molar-refractivity contribution in [2.45, 2.75) is 31.3 Å². The minimum Gasteiger partial charge on any atom is -0.493 e. The Labute approximate surface area is 189 Å². The number of hydrogen-bond donors (Lipinski definition) is 2. The fraction of sp³-hybridized carbons (Fsp3) is 0.350. The molecule has 1 aliphatic carbocycles. The van der Waals surface area contributed by atoms with Gasteiger partial charge in [-0.2, -0.15) is 0 Å². The molecule has 2 aromatic carbocycles. The molecule has 2 unspecified atom stereocenters. The summed E-state index contributed by atoms with van der Waals surface area (Å²) < 4.78 is 52.3. The molecule has 1 saturated carbocycles. The van der Waals surface area contributed by atoms with E-state index in [1.165, 1.54) is 12.1 Å². The minimum absolute atomic E-state index is 0. The Bertz CT molecular complexity index is 893. The smallest absolute Gasteiger partial charge is 0.493 e. The van der Waals surface area contributed by atoms with Crippen LogP contribution in [0.25, 0.3) is 0 Å². The van der Waals surface area contributed by atoms with Gasteiger partial charge in [0.2, 0.25) is 0 Å². The Morgan fingerprint density at radius 2 is 1.80 bits per heavy atom. The van der Waals surface area contributed by atoms with Crippen LogP contribution in [0.4, 0.5) is 13.2 Å². The number of para-hydroxylation sites is 1. The lowest BCUT2D eigenvalue weighted by molar-refractivity contribution is -0.274. The second kappa shape index (κ2) is 10.1. The normalized spacial score (nSPS) is 18.2. The summed E-state index contributed by atoms with van der Waals surface area (Å²) in [6, 6.07) is 11.5. The summed E-state index contributed by atoms with van der Waals surface area (Å²) in [6.07, 6.45) is -4.08.